The average Bonchev–Trinajstić information content (AvgIpc) is 3.30. The van der Waals surface area contributed by atoms with Crippen LogP contribution < -0.4 is 0 Å². The van der Waals surface area contributed by atoms with E-state index >= 15 is 0 Å². The topological polar surface area (TPSA) is 0 Å². The first-order valence-electron chi connectivity index (χ1n) is 20.1. The van der Waals surface area contributed by atoms with Crippen molar-refractivity contribution in [3.8, 4) is 66.8 Å². The molecule has 0 spiro atoms. The van der Waals surface area contributed by atoms with E-state index in [0.717, 1.165) is 0 Å². The maximum atomic E-state index is 2.47. The summed E-state index contributed by atoms with van der Waals surface area (Å²) in [5.74, 6) is 0. The van der Waals surface area contributed by atoms with Gasteiger partial charge in [-0.1, -0.05) is 224 Å². The molecule has 11 rings (SSSR count). The van der Waals surface area contributed by atoms with Gasteiger partial charge in [-0.3, -0.25) is 0 Å². The molecule has 0 bridgehead atoms. The summed E-state index contributed by atoms with van der Waals surface area (Å²) in [7, 11) is 0. The first-order chi connectivity index (χ1) is 28.8. The van der Waals surface area contributed by atoms with Gasteiger partial charge in [-0.05, 0) is 116 Å². The van der Waals surface area contributed by atoms with Crippen LogP contribution in [0.5, 0.6) is 0 Å². The summed E-state index contributed by atoms with van der Waals surface area (Å²) in [6.45, 7) is 0. The summed E-state index contributed by atoms with van der Waals surface area (Å²) in [5, 5.41) is 9.96. The van der Waals surface area contributed by atoms with E-state index in [-0.39, 0.29) is 0 Å². The minimum Gasteiger partial charge on any atom is -0.0622 e. The Morgan fingerprint density at radius 2 is 0.534 bits per heavy atom. The summed E-state index contributed by atoms with van der Waals surface area (Å²) in [6.07, 6.45) is 0. The largest absolute Gasteiger partial charge is 0.0622 e. The Kier molecular flexibility index (Phi) is 8.26. The van der Waals surface area contributed by atoms with Crippen molar-refractivity contribution < 1.29 is 0 Å². The number of fused-ring (bicyclic) bond motifs is 4. The molecule has 0 saturated carbocycles. The zero-order valence-electron chi connectivity index (χ0n) is 31.9. The highest BCUT2D eigenvalue weighted by molar-refractivity contribution is 6.23. The van der Waals surface area contributed by atoms with Crippen LogP contribution in [0, 0.1) is 0 Å². The molecule has 0 amide bonds. The van der Waals surface area contributed by atoms with Gasteiger partial charge >= 0.3 is 0 Å². The van der Waals surface area contributed by atoms with Crippen LogP contribution in [0.2, 0.25) is 0 Å². The van der Waals surface area contributed by atoms with Crippen molar-refractivity contribution in [3.05, 3.63) is 231 Å². The average molecular weight is 735 g/mol. The molecule has 0 unspecified atom stereocenters. The first-order valence-corrected chi connectivity index (χ1v) is 20.1. The Hall–Kier alpha value is -7.54. The quantitative estimate of drug-likeness (QED) is 0.149. The summed E-state index contributed by atoms with van der Waals surface area (Å²) in [4.78, 5) is 0. The lowest BCUT2D eigenvalue weighted by Gasteiger charge is -2.22. The number of benzene rings is 11. The zero-order valence-corrected chi connectivity index (χ0v) is 31.9. The molecule has 0 aliphatic rings. The molecule has 58 heavy (non-hydrogen) atoms. The van der Waals surface area contributed by atoms with Gasteiger partial charge in [0.1, 0.15) is 0 Å². The van der Waals surface area contributed by atoms with Gasteiger partial charge in [0.2, 0.25) is 0 Å². The van der Waals surface area contributed by atoms with Gasteiger partial charge in [-0.25, -0.2) is 0 Å². The summed E-state index contributed by atoms with van der Waals surface area (Å²) < 4.78 is 0. The van der Waals surface area contributed by atoms with E-state index in [4.69, 9.17) is 0 Å². The van der Waals surface area contributed by atoms with Crippen molar-refractivity contribution in [2.45, 2.75) is 0 Å². The van der Waals surface area contributed by atoms with Crippen LogP contribution in [0.1, 0.15) is 0 Å². The minimum absolute atomic E-state index is 1.19. The van der Waals surface area contributed by atoms with Crippen molar-refractivity contribution in [3.63, 3.8) is 0 Å². The van der Waals surface area contributed by atoms with Gasteiger partial charge < -0.3 is 0 Å². The summed E-state index contributed by atoms with van der Waals surface area (Å²) in [5.41, 5.74) is 14.7. The van der Waals surface area contributed by atoms with E-state index in [9.17, 15) is 0 Å². The monoisotopic (exact) mass is 734 g/mol. The fourth-order valence-electron chi connectivity index (χ4n) is 9.33. The van der Waals surface area contributed by atoms with E-state index in [2.05, 4.69) is 231 Å². The van der Waals surface area contributed by atoms with Crippen LogP contribution in [0.3, 0.4) is 0 Å². The standard InChI is InChI=1S/C58H38/c1-2-20-41(21-3-1)57-52-30-12-14-32-54(52)58(55-33-15-13-31-53(55)57)56-38-42(45-26-8-9-27-46(45)47-34-16-22-39-18-4-6-24-43(39)47)36-37-51(56)50-29-11-10-28-49(50)48-35-17-23-40-19-5-7-25-44(40)48/h1-38H. The Labute approximate surface area is 339 Å². The molecule has 270 valence electrons. The predicted octanol–water partition coefficient (Wildman–Crippen LogP) is 16.3. The van der Waals surface area contributed by atoms with E-state index < -0.39 is 0 Å². The minimum atomic E-state index is 1.19. The third-order valence-corrected chi connectivity index (χ3v) is 11.9. The molecule has 0 saturated heterocycles. The highest BCUT2D eigenvalue weighted by atomic mass is 14.2. The third kappa shape index (κ3) is 5.61. The Bertz CT molecular complexity index is 3270. The van der Waals surface area contributed by atoms with Crippen LogP contribution in [-0.2, 0) is 0 Å². The van der Waals surface area contributed by atoms with Crippen LogP contribution in [-0.4, -0.2) is 0 Å². The molecule has 11 aromatic rings. The van der Waals surface area contributed by atoms with Crippen molar-refractivity contribution in [1.29, 1.82) is 0 Å². The van der Waals surface area contributed by atoms with Gasteiger partial charge in [-0.15, -0.1) is 0 Å². The first kappa shape index (κ1) is 33.8. The Morgan fingerprint density at radius 1 is 0.172 bits per heavy atom. The second-order valence-corrected chi connectivity index (χ2v) is 15.1. The molecular weight excluding hydrogens is 697 g/mol. The maximum absolute atomic E-state index is 2.47. The van der Waals surface area contributed by atoms with E-state index in [0.29, 0.717) is 0 Å². The van der Waals surface area contributed by atoms with E-state index in [1.165, 1.54) is 110 Å². The molecule has 0 nitrogen and oxygen atoms in total. The second kappa shape index (κ2) is 14.2. The van der Waals surface area contributed by atoms with Gasteiger partial charge in [-0.2, -0.15) is 0 Å². The molecule has 0 N–H and O–H groups in total. The number of hydrogen-bond donors (Lipinski definition) is 0. The normalized spacial score (nSPS) is 11.4. The molecule has 0 heterocycles. The maximum Gasteiger partial charge on any atom is -0.00199 e. The molecule has 0 heteroatoms. The highest BCUT2D eigenvalue weighted by Crippen LogP contribution is 2.49. The van der Waals surface area contributed by atoms with Gasteiger partial charge in [0.05, 0.1) is 0 Å². The van der Waals surface area contributed by atoms with Crippen molar-refractivity contribution in [1.82, 2.24) is 0 Å². The molecule has 11 aromatic carbocycles. The molecule has 0 aliphatic carbocycles. The fourth-order valence-corrected chi connectivity index (χ4v) is 9.33. The summed E-state index contributed by atoms with van der Waals surface area (Å²) in [6, 6.07) is 84.7. The van der Waals surface area contributed by atoms with Gasteiger partial charge in [0.15, 0.2) is 0 Å². The van der Waals surface area contributed by atoms with Crippen LogP contribution >= 0.6 is 0 Å². The van der Waals surface area contributed by atoms with Crippen molar-refractivity contribution in [2.24, 2.45) is 0 Å². The van der Waals surface area contributed by atoms with Gasteiger partial charge in [0.25, 0.3) is 0 Å². The lowest BCUT2D eigenvalue weighted by atomic mass is 9.81. The number of rotatable bonds is 6. The molecule has 0 aromatic heterocycles. The molecule has 0 fully saturated rings. The van der Waals surface area contributed by atoms with Crippen LogP contribution in [0.4, 0.5) is 0 Å². The van der Waals surface area contributed by atoms with E-state index in [1.807, 2.05) is 0 Å². The Morgan fingerprint density at radius 3 is 1.09 bits per heavy atom. The molecule has 0 aliphatic heterocycles. The SMILES string of the molecule is c1ccc(-c2c3ccccc3c(-c3cc(-c4ccccc4-c4cccc5ccccc45)ccc3-c3ccccc3-c3cccc4ccccc34)c3ccccc23)cc1. The molecular formula is C58H38. The highest BCUT2D eigenvalue weighted by Gasteiger charge is 2.22. The smallest absolute Gasteiger partial charge is 0.00199 e. The van der Waals surface area contributed by atoms with Crippen molar-refractivity contribution >= 4 is 43.1 Å². The van der Waals surface area contributed by atoms with Crippen LogP contribution in [0.25, 0.3) is 110 Å². The fraction of sp³-hybridized carbons (Fsp3) is 0. The van der Waals surface area contributed by atoms with Crippen LogP contribution in [0.15, 0.2) is 231 Å². The zero-order chi connectivity index (χ0) is 38.4. The Balaban J connectivity index is 1.25. The lowest BCUT2D eigenvalue weighted by molar-refractivity contribution is 1.57. The second-order valence-electron chi connectivity index (χ2n) is 15.1. The summed E-state index contributed by atoms with van der Waals surface area (Å²) >= 11 is 0. The number of hydrogen-bond acceptors (Lipinski definition) is 0. The van der Waals surface area contributed by atoms with Gasteiger partial charge in [0, 0.05) is 0 Å². The lowest BCUT2D eigenvalue weighted by Crippen LogP contribution is -1.95. The molecule has 0 radical (unpaired) electrons. The van der Waals surface area contributed by atoms with Crippen molar-refractivity contribution in [2.75, 3.05) is 0 Å². The van der Waals surface area contributed by atoms with E-state index in [1.54, 1.807) is 0 Å². The third-order valence-electron chi connectivity index (χ3n) is 11.9. The predicted molar refractivity (Wildman–Crippen MR) is 249 cm³/mol. The molecule has 0 atom stereocenters.